The second-order valence-corrected chi connectivity index (χ2v) is 4.88. The number of hydrogen-bond acceptors (Lipinski definition) is 2. The summed E-state index contributed by atoms with van der Waals surface area (Å²) in [7, 11) is 0. The summed E-state index contributed by atoms with van der Waals surface area (Å²) in [5.41, 5.74) is 4.60. The van der Waals surface area contributed by atoms with Crippen LogP contribution in [-0.4, -0.2) is 18.0 Å². The quantitative estimate of drug-likeness (QED) is 0.618. The second-order valence-electron chi connectivity index (χ2n) is 4.88. The van der Waals surface area contributed by atoms with E-state index in [0.717, 1.165) is 19.5 Å². The molecule has 0 saturated heterocycles. The lowest BCUT2D eigenvalue weighted by Gasteiger charge is -2.27. The molecule has 2 aliphatic rings. The highest BCUT2D eigenvalue weighted by atomic mass is 15.1. The summed E-state index contributed by atoms with van der Waals surface area (Å²) in [6.07, 6.45) is 7.11. The molecule has 16 heavy (non-hydrogen) atoms. The van der Waals surface area contributed by atoms with Gasteiger partial charge < -0.3 is 4.90 Å². The third-order valence-electron chi connectivity index (χ3n) is 3.93. The first-order chi connectivity index (χ1) is 7.88. The molecule has 0 radical (unpaired) electrons. The van der Waals surface area contributed by atoms with E-state index in [4.69, 9.17) is 5.26 Å². The van der Waals surface area contributed by atoms with Crippen molar-refractivity contribution in [2.75, 3.05) is 13.1 Å². The van der Waals surface area contributed by atoms with Crippen molar-refractivity contribution in [1.29, 1.82) is 5.26 Å². The van der Waals surface area contributed by atoms with Gasteiger partial charge in [-0.1, -0.05) is 18.2 Å². The Morgan fingerprint density at radius 1 is 1.25 bits per heavy atom. The fourth-order valence-electron chi connectivity index (χ4n) is 3.20. The SMILES string of the molecule is N#CN1CCc2cccc3c2[C@H](CCC3)C1. The Hall–Kier alpha value is -1.49. The minimum absolute atomic E-state index is 0.599. The molecule has 1 atom stereocenters. The van der Waals surface area contributed by atoms with Crippen LogP contribution in [0.5, 0.6) is 0 Å². The van der Waals surface area contributed by atoms with Gasteiger partial charge in [-0.25, -0.2) is 0 Å². The van der Waals surface area contributed by atoms with Crippen molar-refractivity contribution in [3.05, 3.63) is 34.9 Å². The molecule has 1 aliphatic carbocycles. The number of aryl methyl sites for hydroxylation is 1. The third-order valence-corrected chi connectivity index (χ3v) is 3.93. The monoisotopic (exact) mass is 212 g/mol. The molecule has 0 fully saturated rings. The predicted octanol–water partition coefficient (Wildman–Crippen LogP) is 2.45. The Bertz CT molecular complexity index is 445. The molecule has 0 spiro atoms. The van der Waals surface area contributed by atoms with Crippen LogP contribution in [0.2, 0.25) is 0 Å². The van der Waals surface area contributed by atoms with Gasteiger partial charge in [0.2, 0.25) is 0 Å². The van der Waals surface area contributed by atoms with Gasteiger partial charge in [0, 0.05) is 19.0 Å². The first-order valence-electron chi connectivity index (χ1n) is 6.14. The van der Waals surface area contributed by atoms with Crippen LogP contribution >= 0.6 is 0 Å². The highest BCUT2D eigenvalue weighted by molar-refractivity contribution is 5.41. The van der Waals surface area contributed by atoms with Gasteiger partial charge in [-0.15, -0.1) is 0 Å². The first kappa shape index (κ1) is 9.72. The Kier molecular flexibility index (Phi) is 2.32. The molecule has 0 N–H and O–H groups in total. The van der Waals surface area contributed by atoms with Gasteiger partial charge in [0.25, 0.3) is 0 Å². The Balaban J connectivity index is 2.06. The fourth-order valence-corrected chi connectivity index (χ4v) is 3.20. The van der Waals surface area contributed by atoms with Gasteiger partial charge in [-0.2, -0.15) is 5.26 Å². The molecule has 2 nitrogen and oxygen atoms in total. The second kappa shape index (κ2) is 3.83. The Morgan fingerprint density at radius 2 is 2.06 bits per heavy atom. The molecule has 0 unspecified atom stereocenters. The zero-order valence-electron chi connectivity index (χ0n) is 9.45. The Labute approximate surface area is 96.5 Å². The Morgan fingerprint density at radius 3 is 2.88 bits per heavy atom. The standard InChI is InChI=1S/C14H16N2/c15-10-16-8-7-12-5-1-3-11-4-2-6-13(9-16)14(11)12/h1,3,5,13H,2,4,6-9H2/t13-/m1/s1. The molecular formula is C14H16N2. The number of hydrogen-bond donors (Lipinski definition) is 0. The van der Waals surface area contributed by atoms with Crippen molar-refractivity contribution < 1.29 is 0 Å². The minimum Gasteiger partial charge on any atom is -0.310 e. The van der Waals surface area contributed by atoms with Crippen molar-refractivity contribution in [3.63, 3.8) is 0 Å². The van der Waals surface area contributed by atoms with Crippen LogP contribution in [0.1, 0.15) is 35.4 Å². The van der Waals surface area contributed by atoms with Crippen LogP contribution in [0, 0.1) is 11.5 Å². The number of rotatable bonds is 0. The summed E-state index contributed by atoms with van der Waals surface area (Å²) >= 11 is 0. The lowest BCUT2D eigenvalue weighted by atomic mass is 9.80. The topological polar surface area (TPSA) is 27.0 Å². The highest BCUT2D eigenvalue weighted by Gasteiger charge is 2.27. The average molecular weight is 212 g/mol. The van der Waals surface area contributed by atoms with Gasteiger partial charge in [0.05, 0.1) is 0 Å². The number of nitriles is 1. The normalized spacial score (nSPS) is 23.2. The van der Waals surface area contributed by atoms with Gasteiger partial charge >= 0.3 is 0 Å². The zero-order chi connectivity index (χ0) is 11.0. The average Bonchev–Trinajstić information content (AvgIpc) is 2.51. The largest absolute Gasteiger partial charge is 0.310 e. The molecule has 0 amide bonds. The van der Waals surface area contributed by atoms with E-state index in [1.807, 2.05) is 4.90 Å². The van der Waals surface area contributed by atoms with Crippen LogP contribution < -0.4 is 0 Å². The van der Waals surface area contributed by atoms with Crippen LogP contribution in [0.3, 0.4) is 0 Å². The van der Waals surface area contributed by atoms with E-state index in [2.05, 4.69) is 24.4 Å². The molecule has 1 aromatic rings. The minimum atomic E-state index is 0.599. The molecule has 1 aromatic carbocycles. The predicted molar refractivity (Wildman–Crippen MR) is 63.0 cm³/mol. The van der Waals surface area contributed by atoms with Crippen LogP contribution in [0.4, 0.5) is 0 Å². The van der Waals surface area contributed by atoms with E-state index in [1.54, 1.807) is 5.56 Å². The van der Waals surface area contributed by atoms with E-state index in [1.165, 1.54) is 30.4 Å². The van der Waals surface area contributed by atoms with Gasteiger partial charge in [0.1, 0.15) is 0 Å². The van der Waals surface area contributed by atoms with E-state index in [-0.39, 0.29) is 0 Å². The molecule has 0 aromatic heterocycles. The molecule has 1 aliphatic heterocycles. The third kappa shape index (κ3) is 1.48. The molecule has 82 valence electrons. The summed E-state index contributed by atoms with van der Waals surface area (Å²) in [4.78, 5) is 1.93. The van der Waals surface area contributed by atoms with Crippen molar-refractivity contribution >= 4 is 0 Å². The van der Waals surface area contributed by atoms with Crippen molar-refractivity contribution in [1.82, 2.24) is 4.90 Å². The summed E-state index contributed by atoms with van der Waals surface area (Å²) in [5, 5.41) is 9.07. The lowest BCUT2D eigenvalue weighted by molar-refractivity contribution is 0.361. The van der Waals surface area contributed by atoms with Crippen molar-refractivity contribution in [2.24, 2.45) is 0 Å². The molecule has 1 heterocycles. The van der Waals surface area contributed by atoms with Crippen LogP contribution in [0.15, 0.2) is 18.2 Å². The zero-order valence-corrected chi connectivity index (χ0v) is 9.45. The number of nitrogens with zero attached hydrogens (tertiary/aromatic N) is 2. The summed E-state index contributed by atoms with van der Waals surface area (Å²) < 4.78 is 0. The maximum Gasteiger partial charge on any atom is 0.179 e. The highest BCUT2D eigenvalue weighted by Crippen LogP contribution is 2.36. The maximum atomic E-state index is 9.07. The van der Waals surface area contributed by atoms with E-state index in [0.29, 0.717) is 5.92 Å². The van der Waals surface area contributed by atoms with Gasteiger partial charge in [0.15, 0.2) is 6.19 Å². The van der Waals surface area contributed by atoms with Crippen LogP contribution in [-0.2, 0) is 12.8 Å². The van der Waals surface area contributed by atoms with E-state index < -0.39 is 0 Å². The summed E-state index contributed by atoms with van der Waals surface area (Å²) in [6, 6.07) is 6.70. The summed E-state index contributed by atoms with van der Waals surface area (Å²) in [5.74, 6) is 0.599. The summed E-state index contributed by atoms with van der Waals surface area (Å²) in [6.45, 7) is 1.82. The maximum absolute atomic E-state index is 9.07. The van der Waals surface area contributed by atoms with Crippen LogP contribution in [0.25, 0.3) is 0 Å². The van der Waals surface area contributed by atoms with E-state index >= 15 is 0 Å². The van der Waals surface area contributed by atoms with Crippen molar-refractivity contribution in [2.45, 2.75) is 31.6 Å². The fraction of sp³-hybridized carbons (Fsp3) is 0.500. The number of benzene rings is 1. The molecule has 0 bridgehead atoms. The first-order valence-corrected chi connectivity index (χ1v) is 6.14. The smallest absolute Gasteiger partial charge is 0.179 e. The van der Waals surface area contributed by atoms with Gasteiger partial charge in [-0.05, 0) is 42.4 Å². The van der Waals surface area contributed by atoms with Crippen molar-refractivity contribution in [3.8, 4) is 6.19 Å². The molecular weight excluding hydrogens is 196 g/mol. The molecule has 0 saturated carbocycles. The lowest BCUT2D eigenvalue weighted by Crippen LogP contribution is -2.24. The van der Waals surface area contributed by atoms with Gasteiger partial charge in [-0.3, -0.25) is 0 Å². The molecule has 2 heteroatoms. The van der Waals surface area contributed by atoms with E-state index in [9.17, 15) is 0 Å². The molecule has 3 rings (SSSR count).